The molecule has 26 heavy (non-hydrogen) atoms. The molecule has 1 saturated heterocycles. The molecule has 1 aliphatic heterocycles. The third-order valence-electron chi connectivity index (χ3n) is 4.66. The number of unbranched alkanes of at least 4 members (excludes halogenated alkanes) is 3. The van der Waals surface area contributed by atoms with Crippen LogP contribution >= 0.6 is 0 Å². The molecule has 0 spiro atoms. The summed E-state index contributed by atoms with van der Waals surface area (Å²) in [5.74, 6) is 0. The minimum atomic E-state index is -2.73. The fraction of sp³-hybridized carbons (Fsp3) is 1.00. The van der Waals surface area contributed by atoms with Crippen molar-refractivity contribution in [1.82, 2.24) is 0 Å². The third kappa shape index (κ3) is 9.81. The van der Waals surface area contributed by atoms with Crippen LogP contribution < -0.4 is 0 Å². The Kier molecular flexibility index (Phi) is 13.0. The van der Waals surface area contributed by atoms with Gasteiger partial charge in [0.05, 0.1) is 19.3 Å². The molecule has 3 atom stereocenters. The normalized spacial score (nSPS) is 19.5. The molecule has 0 saturated carbocycles. The summed E-state index contributed by atoms with van der Waals surface area (Å²) in [5.41, 5.74) is 0.225. The molecule has 1 fully saturated rings. The average Bonchev–Trinajstić information content (AvgIpc) is 3.44. The summed E-state index contributed by atoms with van der Waals surface area (Å²) < 4.78 is 30.3. The quantitative estimate of drug-likeness (QED) is 0.188. The van der Waals surface area contributed by atoms with Gasteiger partial charge < -0.3 is 22.8 Å². The van der Waals surface area contributed by atoms with Crippen LogP contribution in [0, 0.1) is 0 Å². The van der Waals surface area contributed by atoms with E-state index in [1.54, 1.807) is 0 Å². The lowest BCUT2D eigenvalue weighted by atomic mass is 10.2. The van der Waals surface area contributed by atoms with Crippen molar-refractivity contribution in [3.63, 3.8) is 0 Å². The maximum Gasteiger partial charge on any atom is 0.504 e. The highest BCUT2D eigenvalue weighted by molar-refractivity contribution is 6.62. The fourth-order valence-corrected chi connectivity index (χ4v) is 5.78. The first-order valence-electron chi connectivity index (χ1n) is 10.7. The smallest absolute Gasteiger partial charge is 0.376 e. The van der Waals surface area contributed by atoms with Gasteiger partial charge in [-0.25, -0.2) is 0 Å². The molecule has 1 rings (SSSR count). The van der Waals surface area contributed by atoms with Gasteiger partial charge in [0.25, 0.3) is 0 Å². The zero-order chi connectivity index (χ0) is 19.3. The summed E-state index contributed by atoms with van der Waals surface area (Å²) in [6.07, 6.45) is 7.82. The molecule has 0 bridgehead atoms. The minimum absolute atomic E-state index is 0.153. The summed E-state index contributed by atoms with van der Waals surface area (Å²) in [6.45, 7) is 14.6. The largest absolute Gasteiger partial charge is 0.504 e. The van der Waals surface area contributed by atoms with E-state index < -0.39 is 8.80 Å². The van der Waals surface area contributed by atoms with Crippen LogP contribution in [-0.4, -0.2) is 54.0 Å². The van der Waals surface area contributed by atoms with Crippen molar-refractivity contribution in [3.05, 3.63) is 0 Å². The SMILES string of the molecule is CCCCO[Si](OCCCC)(OCCCC)C(C)CC(C)OCC1CO1. The summed E-state index contributed by atoms with van der Waals surface area (Å²) in [4.78, 5) is 0. The number of rotatable bonds is 18. The first kappa shape index (κ1) is 24.1. The molecule has 6 heteroatoms. The molecule has 0 aromatic rings. The van der Waals surface area contributed by atoms with Gasteiger partial charge in [-0.2, -0.15) is 0 Å². The van der Waals surface area contributed by atoms with Crippen LogP contribution in [0.1, 0.15) is 79.6 Å². The van der Waals surface area contributed by atoms with E-state index in [1.165, 1.54) is 0 Å². The van der Waals surface area contributed by atoms with Gasteiger partial charge in [-0.3, -0.25) is 0 Å². The summed E-state index contributed by atoms with van der Waals surface area (Å²) in [5, 5.41) is 0. The van der Waals surface area contributed by atoms with E-state index in [2.05, 4.69) is 34.6 Å². The van der Waals surface area contributed by atoms with Crippen molar-refractivity contribution in [1.29, 1.82) is 0 Å². The average molecular weight is 391 g/mol. The molecule has 0 aromatic heterocycles. The highest BCUT2D eigenvalue weighted by Crippen LogP contribution is 2.32. The van der Waals surface area contributed by atoms with E-state index in [1.807, 2.05) is 0 Å². The van der Waals surface area contributed by atoms with Crippen molar-refractivity contribution in [2.24, 2.45) is 0 Å². The zero-order valence-corrected chi connectivity index (χ0v) is 18.8. The lowest BCUT2D eigenvalue weighted by molar-refractivity contribution is 0.0233. The predicted molar refractivity (Wildman–Crippen MR) is 108 cm³/mol. The topological polar surface area (TPSA) is 49.5 Å². The fourth-order valence-electron chi connectivity index (χ4n) is 2.77. The third-order valence-corrected chi connectivity index (χ3v) is 7.92. The van der Waals surface area contributed by atoms with Gasteiger partial charge in [-0.15, -0.1) is 0 Å². The molecule has 0 amide bonds. The molecule has 1 heterocycles. The monoisotopic (exact) mass is 390 g/mol. The van der Waals surface area contributed by atoms with E-state index >= 15 is 0 Å². The van der Waals surface area contributed by atoms with Gasteiger partial charge in [0, 0.05) is 25.4 Å². The van der Waals surface area contributed by atoms with Crippen LogP contribution in [0.25, 0.3) is 0 Å². The predicted octanol–water partition coefficient (Wildman–Crippen LogP) is 4.96. The maximum absolute atomic E-state index is 6.38. The van der Waals surface area contributed by atoms with Gasteiger partial charge in [-0.05, 0) is 32.6 Å². The van der Waals surface area contributed by atoms with Crippen LogP contribution in [0.5, 0.6) is 0 Å². The first-order valence-corrected chi connectivity index (χ1v) is 12.5. The Balaban J connectivity index is 2.68. The summed E-state index contributed by atoms with van der Waals surface area (Å²) >= 11 is 0. The van der Waals surface area contributed by atoms with Crippen LogP contribution in [-0.2, 0) is 22.8 Å². The van der Waals surface area contributed by atoms with E-state index in [4.69, 9.17) is 22.8 Å². The van der Waals surface area contributed by atoms with E-state index in [9.17, 15) is 0 Å². The van der Waals surface area contributed by atoms with Crippen molar-refractivity contribution >= 4 is 8.80 Å². The van der Waals surface area contributed by atoms with Crippen molar-refractivity contribution in [2.75, 3.05) is 33.0 Å². The van der Waals surface area contributed by atoms with Crippen LogP contribution in [0.15, 0.2) is 0 Å². The van der Waals surface area contributed by atoms with Crippen LogP contribution in [0.4, 0.5) is 0 Å². The molecule has 0 aliphatic carbocycles. The highest BCUT2D eigenvalue weighted by Gasteiger charge is 2.47. The number of hydrogen-bond donors (Lipinski definition) is 0. The minimum Gasteiger partial charge on any atom is -0.376 e. The molecule has 0 radical (unpaired) electrons. The first-order chi connectivity index (χ1) is 12.6. The Labute approximate surface area is 162 Å². The summed E-state index contributed by atoms with van der Waals surface area (Å²) in [6, 6.07) is 0. The number of hydrogen-bond acceptors (Lipinski definition) is 5. The highest BCUT2D eigenvalue weighted by atomic mass is 28.4. The second kappa shape index (κ2) is 14.1. The number of epoxide rings is 1. The van der Waals surface area contributed by atoms with Gasteiger partial charge in [0.15, 0.2) is 0 Å². The standard InChI is InChI=1S/C20H42O5Si/c1-6-9-12-23-26(24-13-10-7-2,25-14-11-8-3)19(5)15-18(4)21-16-20-17-22-20/h18-20H,6-17H2,1-5H3. The summed E-state index contributed by atoms with van der Waals surface area (Å²) in [7, 11) is -2.73. The maximum atomic E-state index is 6.38. The number of ether oxygens (including phenoxy) is 2. The molecular weight excluding hydrogens is 348 g/mol. The Hall–Kier alpha value is 0.0169. The Bertz CT molecular complexity index is 312. The van der Waals surface area contributed by atoms with Crippen molar-refractivity contribution < 1.29 is 22.8 Å². The Morgan fingerprint density at radius 3 is 1.73 bits per heavy atom. The van der Waals surface area contributed by atoms with Gasteiger partial charge in [-0.1, -0.05) is 47.0 Å². The van der Waals surface area contributed by atoms with Crippen molar-refractivity contribution in [2.45, 2.75) is 97.3 Å². The molecular formula is C20H42O5Si. The van der Waals surface area contributed by atoms with E-state index in [0.29, 0.717) is 12.7 Å². The molecule has 0 aromatic carbocycles. The molecule has 0 N–H and O–H groups in total. The Morgan fingerprint density at radius 1 is 0.885 bits per heavy atom. The lowest BCUT2D eigenvalue weighted by Crippen LogP contribution is -2.51. The molecule has 5 nitrogen and oxygen atoms in total. The second-order valence-electron chi connectivity index (χ2n) is 7.45. The Morgan fingerprint density at radius 2 is 1.35 bits per heavy atom. The van der Waals surface area contributed by atoms with Crippen molar-refractivity contribution in [3.8, 4) is 0 Å². The lowest BCUT2D eigenvalue weighted by Gasteiger charge is -2.35. The van der Waals surface area contributed by atoms with E-state index in [0.717, 1.165) is 71.4 Å². The molecule has 156 valence electrons. The molecule has 3 unspecified atom stereocenters. The van der Waals surface area contributed by atoms with Gasteiger partial charge in [0.1, 0.15) is 6.10 Å². The molecule has 1 aliphatic rings. The van der Waals surface area contributed by atoms with Crippen LogP contribution in [0.2, 0.25) is 5.54 Å². The second-order valence-corrected chi connectivity index (χ2v) is 10.5. The van der Waals surface area contributed by atoms with Gasteiger partial charge >= 0.3 is 8.80 Å². The zero-order valence-electron chi connectivity index (χ0n) is 17.8. The van der Waals surface area contributed by atoms with Gasteiger partial charge in [0.2, 0.25) is 0 Å². The van der Waals surface area contributed by atoms with Crippen LogP contribution in [0.3, 0.4) is 0 Å². The van der Waals surface area contributed by atoms with E-state index in [-0.39, 0.29) is 11.6 Å².